The van der Waals surface area contributed by atoms with Crippen molar-refractivity contribution in [3.05, 3.63) is 35.4 Å². The first-order valence-corrected chi connectivity index (χ1v) is 5.71. The number of benzene rings is 1. The lowest BCUT2D eigenvalue weighted by atomic mass is 9.99. The van der Waals surface area contributed by atoms with Gasteiger partial charge in [-0.05, 0) is 23.6 Å². The maximum Gasteiger partial charge on any atom is 0.0421 e. The third-order valence-corrected chi connectivity index (χ3v) is 2.65. The summed E-state index contributed by atoms with van der Waals surface area (Å²) in [4.78, 5) is 0. The van der Waals surface area contributed by atoms with Crippen LogP contribution in [0.15, 0.2) is 24.3 Å². The zero-order valence-electron chi connectivity index (χ0n) is 9.96. The largest absolute Gasteiger partial charge is 0.323 e. The highest BCUT2D eigenvalue weighted by molar-refractivity contribution is 5.26. The quantitative estimate of drug-likeness (QED) is 0.776. The number of nitrogens with two attached hydrogens (primary N) is 1. The van der Waals surface area contributed by atoms with Crippen LogP contribution in [-0.2, 0) is 0 Å². The molecule has 0 saturated heterocycles. The van der Waals surface area contributed by atoms with Crippen molar-refractivity contribution in [2.45, 2.75) is 32.7 Å². The summed E-state index contributed by atoms with van der Waals surface area (Å²) < 4.78 is 0. The van der Waals surface area contributed by atoms with Gasteiger partial charge in [-0.3, -0.25) is 0 Å². The molecular formula is C13H22N2. The fraction of sp³-hybridized carbons (Fsp3) is 0.538. The van der Waals surface area contributed by atoms with Crippen LogP contribution in [0.4, 0.5) is 0 Å². The van der Waals surface area contributed by atoms with E-state index in [1.54, 1.807) is 0 Å². The van der Waals surface area contributed by atoms with Gasteiger partial charge in [-0.25, -0.2) is 0 Å². The van der Waals surface area contributed by atoms with Gasteiger partial charge in [0.1, 0.15) is 0 Å². The van der Waals surface area contributed by atoms with Crippen molar-refractivity contribution in [2.75, 3.05) is 13.1 Å². The molecule has 0 radical (unpaired) electrons. The zero-order chi connectivity index (χ0) is 11.3. The number of nitrogens with one attached hydrogen (secondary N) is 1. The van der Waals surface area contributed by atoms with E-state index in [2.05, 4.69) is 50.4 Å². The molecule has 15 heavy (non-hydrogen) atoms. The molecule has 0 saturated carbocycles. The van der Waals surface area contributed by atoms with Crippen molar-refractivity contribution in [1.82, 2.24) is 5.32 Å². The third-order valence-electron chi connectivity index (χ3n) is 2.65. The second kappa shape index (κ2) is 5.89. The van der Waals surface area contributed by atoms with Gasteiger partial charge < -0.3 is 11.1 Å². The van der Waals surface area contributed by atoms with Gasteiger partial charge in [0.15, 0.2) is 0 Å². The van der Waals surface area contributed by atoms with E-state index < -0.39 is 0 Å². The Bertz CT molecular complexity index is 277. The molecule has 3 N–H and O–H groups in total. The van der Waals surface area contributed by atoms with Gasteiger partial charge in [-0.1, -0.05) is 45.0 Å². The Morgan fingerprint density at radius 2 is 1.67 bits per heavy atom. The number of hydrogen-bond acceptors (Lipinski definition) is 2. The molecule has 0 aromatic heterocycles. The van der Waals surface area contributed by atoms with E-state index >= 15 is 0 Å². The van der Waals surface area contributed by atoms with Crippen molar-refractivity contribution in [3.8, 4) is 0 Å². The highest BCUT2D eigenvalue weighted by Crippen LogP contribution is 2.17. The van der Waals surface area contributed by atoms with Crippen molar-refractivity contribution in [1.29, 1.82) is 0 Å². The van der Waals surface area contributed by atoms with Crippen molar-refractivity contribution < 1.29 is 0 Å². The molecule has 0 fully saturated rings. The average Bonchev–Trinajstić information content (AvgIpc) is 2.26. The Morgan fingerprint density at radius 3 is 2.13 bits per heavy atom. The molecule has 0 bridgehead atoms. The molecule has 1 aromatic carbocycles. The molecule has 2 nitrogen and oxygen atoms in total. The minimum atomic E-state index is 0.103. The molecule has 0 heterocycles. The molecule has 84 valence electrons. The SMILES string of the molecule is CCNCC(N)c1ccc(C(C)C)cc1. The molecule has 1 rings (SSSR count). The fourth-order valence-electron chi connectivity index (χ4n) is 1.55. The first-order chi connectivity index (χ1) is 7.15. The van der Waals surface area contributed by atoms with Crippen molar-refractivity contribution in [2.24, 2.45) is 5.73 Å². The number of hydrogen-bond donors (Lipinski definition) is 2. The number of likely N-dealkylation sites (N-methyl/N-ethyl adjacent to an activating group) is 1. The van der Waals surface area contributed by atoms with Gasteiger partial charge in [0.25, 0.3) is 0 Å². The van der Waals surface area contributed by atoms with Gasteiger partial charge in [-0.15, -0.1) is 0 Å². The minimum Gasteiger partial charge on any atom is -0.323 e. The van der Waals surface area contributed by atoms with Gasteiger partial charge in [0.05, 0.1) is 0 Å². The summed E-state index contributed by atoms with van der Waals surface area (Å²) in [5, 5.41) is 3.26. The van der Waals surface area contributed by atoms with Crippen LogP contribution >= 0.6 is 0 Å². The normalized spacial score (nSPS) is 13.1. The maximum absolute atomic E-state index is 6.04. The lowest BCUT2D eigenvalue weighted by molar-refractivity contribution is 0.615. The van der Waals surface area contributed by atoms with E-state index in [0.717, 1.165) is 13.1 Å². The van der Waals surface area contributed by atoms with Crippen molar-refractivity contribution in [3.63, 3.8) is 0 Å². The molecular weight excluding hydrogens is 184 g/mol. The molecule has 2 heteroatoms. The van der Waals surface area contributed by atoms with E-state index in [9.17, 15) is 0 Å². The average molecular weight is 206 g/mol. The predicted octanol–water partition coefficient (Wildman–Crippen LogP) is 2.42. The summed E-state index contributed by atoms with van der Waals surface area (Å²) in [6.07, 6.45) is 0. The summed E-state index contributed by atoms with van der Waals surface area (Å²) in [5.41, 5.74) is 8.62. The van der Waals surface area contributed by atoms with E-state index in [0.29, 0.717) is 5.92 Å². The zero-order valence-corrected chi connectivity index (χ0v) is 9.96. The molecule has 0 aliphatic rings. The van der Waals surface area contributed by atoms with Gasteiger partial charge in [0, 0.05) is 12.6 Å². The Labute approximate surface area is 92.9 Å². The van der Waals surface area contributed by atoms with E-state index in [1.165, 1.54) is 11.1 Å². The van der Waals surface area contributed by atoms with E-state index in [-0.39, 0.29) is 6.04 Å². The monoisotopic (exact) mass is 206 g/mol. The first kappa shape index (κ1) is 12.2. The van der Waals surface area contributed by atoms with Gasteiger partial charge in [-0.2, -0.15) is 0 Å². The summed E-state index contributed by atoms with van der Waals surface area (Å²) in [6.45, 7) is 8.31. The molecule has 0 aliphatic carbocycles. The molecule has 1 aromatic rings. The fourth-order valence-corrected chi connectivity index (χ4v) is 1.55. The second-order valence-corrected chi connectivity index (χ2v) is 4.24. The molecule has 1 atom stereocenters. The Hall–Kier alpha value is -0.860. The van der Waals surface area contributed by atoms with Crippen LogP contribution < -0.4 is 11.1 Å². The standard InChI is InChI=1S/C13H22N2/c1-4-15-9-13(14)12-7-5-11(6-8-12)10(2)3/h5-8,10,13,15H,4,9,14H2,1-3H3. The molecule has 0 spiro atoms. The topological polar surface area (TPSA) is 38.0 Å². The van der Waals surface area contributed by atoms with Gasteiger partial charge in [0.2, 0.25) is 0 Å². The highest BCUT2D eigenvalue weighted by atomic mass is 14.9. The Kier molecular flexibility index (Phi) is 4.79. The third kappa shape index (κ3) is 3.65. The van der Waals surface area contributed by atoms with Crippen LogP contribution in [0.1, 0.15) is 43.9 Å². The summed E-state index contributed by atoms with van der Waals surface area (Å²) in [6, 6.07) is 8.72. The number of rotatable bonds is 5. The van der Waals surface area contributed by atoms with Crippen molar-refractivity contribution >= 4 is 0 Å². The van der Waals surface area contributed by atoms with Crippen LogP contribution in [0.25, 0.3) is 0 Å². The molecule has 1 unspecified atom stereocenters. The van der Waals surface area contributed by atoms with E-state index in [1.807, 2.05) is 0 Å². The summed E-state index contributed by atoms with van der Waals surface area (Å²) in [5.74, 6) is 0.587. The van der Waals surface area contributed by atoms with Crippen LogP contribution in [0.2, 0.25) is 0 Å². The van der Waals surface area contributed by atoms with Crippen LogP contribution in [0.5, 0.6) is 0 Å². The Balaban J connectivity index is 2.62. The molecule has 0 aliphatic heterocycles. The summed E-state index contributed by atoms with van der Waals surface area (Å²) in [7, 11) is 0. The predicted molar refractivity (Wildman–Crippen MR) is 66.0 cm³/mol. The lowest BCUT2D eigenvalue weighted by Crippen LogP contribution is -2.26. The van der Waals surface area contributed by atoms with Crippen LogP contribution in [0, 0.1) is 0 Å². The van der Waals surface area contributed by atoms with E-state index in [4.69, 9.17) is 5.73 Å². The smallest absolute Gasteiger partial charge is 0.0421 e. The minimum absolute atomic E-state index is 0.103. The Morgan fingerprint density at radius 1 is 1.13 bits per heavy atom. The van der Waals surface area contributed by atoms with Crippen LogP contribution in [0.3, 0.4) is 0 Å². The first-order valence-electron chi connectivity index (χ1n) is 5.71. The lowest BCUT2D eigenvalue weighted by Gasteiger charge is -2.13. The second-order valence-electron chi connectivity index (χ2n) is 4.24. The highest BCUT2D eigenvalue weighted by Gasteiger charge is 2.05. The summed E-state index contributed by atoms with van der Waals surface area (Å²) >= 11 is 0. The molecule has 0 amide bonds. The maximum atomic E-state index is 6.04. The van der Waals surface area contributed by atoms with Crippen LogP contribution in [-0.4, -0.2) is 13.1 Å². The van der Waals surface area contributed by atoms with Gasteiger partial charge >= 0.3 is 0 Å².